The first-order valence-corrected chi connectivity index (χ1v) is 12.0. The number of phenols is 1. The maximum Gasteiger partial charge on any atom is 0.513 e. The second-order valence-corrected chi connectivity index (χ2v) is 8.82. The first kappa shape index (κ1) is 22.3. The molecule has 3 N–H and O–H groups in total. The van der Waals surface area contributed by atoms with Crippen LogP contribution in [0.15, 0.2) is 54.7 Å². The molecule has 2 aromatic carbocycles. The number of carbonyl (C=O) groups is 1. The molecule has 1 aliphatic heterocycles. The third-order valence-electron chi connectivity index (χ3n) is 5.54. The summed E-state index contributed by atoms with van der Waals surface area (Å²) in [5.74, 6) is 1.89. The van der Waals surface area contributed by atoms with Gasteiger partial charge in [-0.2, -0.15) is 11.8 Å². The molecule has 2 heterocycles. The highest BCUT2D eigenvalue weighted by Gasteiger charge is 2.17. The molecule has 3 aromatic rings. The highest BCUT2D eigenvalue weighted by atomic mass is 32.2. The van der Waals surface area contributed by atoms with Crippen molar-refractivity contribution >= 4 is 34.4 Å². The zero-order chi connectivity index (χ0) is 22.3. The molecule has 0 amide bonds. The van der Waals surface area contributed by atoms with Gasteiger partial charge in [0.15, 0.2) is 11.5 Å². The van der Waals surface area contributed by atoms with Gasteiger partial charge in [-0.15, -0.1) is 0 Å². The summed E-state index contributed by atoms with van der Waals surface area (Å²) in [5, 5.41) is 14.8. The van der Waals surface area contributed by atoms with Crippen molar-refractivity contribution in [2.24, 2.45) is 0 Å². The molecule has 0 aliphatic carbocycles. The molecular weight excluding hydrogens is 424 g/mol. The fourth-order valence-corrected chi connectivity index (χ4v) is 4.96. The number of aromatic hydroxyl groups is 1. The molecule has 1 aliphatic rings. The summed E-state index contributed by atoms with van der Waals surface area (Å²) in [6.07, 6.45) is 5.55. The number of phenolic OH excluding ortho intramolecular Hbond substituents is 1. The number of H-pyrrole nitrogens is 1. The van der Waals surface area contributed by atoms with Gasteiger partial charge in [0, 0.05) is 41.5 Å². The summed E-state index contributed by atoms with van der Waals surface area (Å²) in [5.41, 5.74) is 4.66. The summed E-state index contributed by atoms with van der Waals surface area (Å²) in [6.45, 7) is 2.83. The van der Waals surface area contributed by atoms with Crippen LogP contribution in [0, 0.1) is 0 Å². The lowest BCUT2D eigenvalue weighted by Crippen LogP contribution is -2.33. The summed E-state index contributed by atoms with van der Waals surface area (Å²) in [6, 6.07) is 14.3. The largest absolute Gasteiger partial charge is 0.513 e. The number of nitrogens with one attached hydrogen (secondary N) is 2. The number of fused-ring (bicyclic) bond motifs is 1. The number of ether oxygens (including phenoxy) is 2. The normalized spacial score (nSPS) is 16.0. The fourth-order valence-electron chi connectivity index (χ4n) is 3.90. The third kappa shape index (κ3) is 5.47. The van der Waals surface area contributed by atoms with E-state index in [2.05, 4.69) is 46.7 Å². The molecule has 1 unspecified atom stereocenters. The Balaban J connectivity index is 1.30. The maximum absolute atomic E-state index is 11.5. The molecule has 7 heteroatoms. The van der Waals surface area contributed by atoms with Crippen molar-refractivity contribution in [2.45, 2.75) is 31.6 Å². The van der Waals surface area contributed by atoms with E-state index in [1.54, 1.807) is 19.1 Å². The molecule has 0 bridgehead atoms. The average Bonchev–Trinajstić information content (AvgIpc) is 3.19. The predicted octanol–water partition coefficient (Wildman–Crippen LogP) is 5.48. The van der Waals surface area contributed by atoms with Crippen LogP contribution in [0.25, 0.3) is 16.5 Å². The van der Waals surface area contributed by atoms with Gasteiger partial charge in [-0.3, -0.25) is 0 Å². The van der Waals surface area contributed by atoms with Crippen LogP contribution in [0.2, 0.25) is 0 Å². The zero-order valence-electron chi connectivity index (χ0n) is 18.1. The van der Waals surface area contributed by atoms with E-state index in [0.29, 0.717) is 6.04 Å². The number of aromatic nitrogens is 1. The van der Waals surface area contributed by atoms with Gasteiger partial charge in [-0.1, -0.05) is 36.4 Å². The molecule has 32 heavy (non-hydrogen) atoms. The molecule has 0 saturated carbocycles. The van der Waals surface area contributed by atoms with Gasteiger partial charge in [0.05, 0.1) is 6.61 Å². The second kappa shape index (κ2) is 10.6. The lowest BCUT2D eigenvalue weighted by Gasteiger charge is -2.24. The van der Waals surface area contributed by atoms with Gasteiger partial charge < -0.3 is 24.9 Å². The van der Waals surface area contributed by atoms with Crippen LogP contribution in [0.1, 0.15) is 30.9 Å². The Labute approximate surface area is 192 Å². The van der Waals surface area contributed by atoms with Gasteiger partial charge in [-0.25, -0.2) is 4.79 Å². The number of benzene rings is 2. The van der Waals surface area contributed by atoms with Crippen molar-refractivity contribution in [3.63, 3.8) is 0 Å². The zero-order valence-corrected chi connectivity index (χ0v) is 18.9. The maximum atomic E-state index is 11.5. The van der Waals surface area contributed by atoms with Crippen LogP contribution in [0.5, 0.6) is 11.5 Å². The molecule has 4 rings (SSSR count). The highest BCUT2D eigenvalue weighted by Crippen LogP contribution is 2.34. The molecule has 1 atom stereocenters. The van der Waals surface area contributed by atoms with Gasteiger partial charge in [0.2, 0.25) is 0 Å². The van der Waals surface area contributed by atoms with Crippen molar-refractivity contribution in [1.29, 1.82) is 0 Å². The second-order valence-electron chi connectivity index (χ2n) is 7.71. The first-order valence-electron chi connectivity index (χ1n) is 10.9. The Hall–Kier alpha value is -2.90. The first-order chi connectivity index (χ1) is 15.6. The van der Waals surface area contributed by atoms with Crippen LogP contribution in [0.3, 0.4) is 0 Å². The number of carbonyl (C=O) groups excluding carboxylic acids is 1. The van der Waals surface area contributed by atoms with Crippen molar-refractivity contribution in [3.8, 4) is 11.5 Å². The summed E-state index contributed by atoms with van der Waals surface area (Å²) < 4.78 is 9.83. The fraction of sp³-hybridized carbons (Fsp3) is 0.320. The minimum absolute atomic E-state index is 0.0805. The summed E-state index contributed by atoms with van der Waals surface area (Å²) in [7, 11) is 0. The van der Waals surface area contributed by atoms with Crippen molar-refractivity contribution in [3.05, 3.63) is 65.9 Å². The minimum Gasteiger partial charge on any atom is -0.504 e. The monoisotopic (exact) mass is 452 g/mol. The van der Waals surface area contributed by atoms with E-state index < -0.39 is 6.16 Å². The Bertz CT molecular complexity index is 1090. The molecule has 0 spiro atoms. The van der Waals surface area contributed by atoms with Crippen LogP contribution in [-0.4, -0.2) is 41.2 Å². The number of hydrogen-bond donors (Lipinski definition) is 3. The molecule has 6 nitrogen and oxygen atoms in total. The van der Waals surface area contributed by atoms with E-state index in [9.17, 15) is 9.90 Å². The molecule has 0 saturated heterocycles. The molecular formula is C25H28N2O4S. The Morgan fingerprint density at radius 1 is 1.25 bits per heavy atom. The third-order valence-corrected chi connectivity index (χ3v) is 6.58. The lowest BCUT2D eigenvalue weighted by molar-refractivity contribution is 0.103. The Kier molecular flexibility index (Phi) is 7.39. The Morgan fingerprint density at radius 2 is 2.09 bits per heavy atom. The lowest BCUT2D eigenvalue weighted by atomic mass is 9.94. The van der Waals surface area contributed by atoms with Gasteiger partial charge >= 0.3 is 6.16 Å². The SMILES string of the molecule is CCOC(=O)Oc1cc2[nH]cc(CSCCC3CC(c4ccccc4)=CCN3)c2cc1O. The van der Waals surface area contributed by atoms with Crippen molar-refractivity contribution in [1.82, 2.24) is 10.3 Å². The van der Waals surface area contributed by atoms with E-state index in [1.807, 2.05) is 18.0 Å². The van der Waals surface area contributed by atoms with Crippen molar-refractivity contribution < 1.29 is 19.4 Å². The van der Waals surface area contributed by atoms with Crippen LogP contribution < -0.4 is 10.1 Å². The Morgan fingerprint density at radius 3 is 2.91 bits per heavy atom. The molecule has 0 radical (unpaired) electrons. The molecule has 0 fully saturated rings. The van der Waals surface area contributed by atoms with Crippen LogP contribution in [-0.2, 0) is 10.5 Å². The van der Waals surface area contributed by atoms with Gasteiger partial charge in [0.25, 0.3) is 0 Å². The van der Waals surface area contributed by atoms with Crippen molar-refractivity contribution in [2.75, 3.05) is 18.9 Å². The number of rotatable bonds is 8. The van der Waals surface area contributed by atoms with Crippen LogP contribution >= 0.6 is 11.8 Å². The minimum atomic E-state index is -0.828. The predicted molar refractivity (Wildman–Crippen MR) is 129 cm³/mol. The van der Waals surface area contributed by atoms with Crippen LogP contribution in [0.4, 0.5) is 4.79 Å². The summed E-state index contributed by atoms with van der Waals surface area (Å²) in [4.78, 5) is 14.7. The highest BCUT2D eigenvalue weighted by molar-refractivity contribution is 7.98. The van der Waals surface area contributed by atoms with E-state index in [4.69, 9.17) is 9.47 Å². The van der Waals surface area contributed by atoms with Gasteiger partial charge in [-0.05, 0) is 48.3 Å². The summed E-state index contributed by atoms with van der Waals surface area (Å²) >= 11 is 1.88. The number of thioether (sulfide) groups is 1. The molecule has 168 valence electrons. The van der Waals surface area contributed by atoms with Gasteiger partial charge in [0.1, 0.15) is 0 Å². The van der Waals surface area contributed by atoms with E-state index in [0.717, 1.165) is 47.4 Å². The topological polar surface area (TPSA) is 83.6 Å². The number of hydrogen-bond acceptors (Lipinski definition) is 6. The van der Waals surface area contributed by atoms with E-state index in [1.165, 1.54) is 11.1 Å². The molecule has 1 aromatic heterocycles. The quantitative estimate of drug-likeness (QED) is 0.239. The average molecular weight is 453 g/mol. The standard InChI is InChI=1S/C25H28N2O4S/c1-2-30-25(29)31-24-14-22-21(13-23(24)28)19(15-27-22)16-32-11-9-20-12-18(8-10-26-20)17-6-4-3-5-7-17/h3-8,13-15,20,26-28H,2,9-12,16H2,1H3. The van der Waals surface area contributed by atoms with E-state index >= 15 is 0 Å². The smallest absolute Gasteiger partial charge is 0.504 e. The van der Waals surface area contributed by atoms with E-state index in [-0.39, 0.29) is 18.1 Å². The number of aromatic amines is 1.